The second kappa shape index (κ2) is 8.20. The minimum absolute atomic E-state index is 0.631. The van der Waals surface area contributed by atoms with E-state index in [9.17, 15) is 0 Å². The Morgan fingerprint density at radius 2 is 1.93 bits per heavy atom. The Morgan fingerprint density at radius 3 is 2.75 bits per heavy atom. The summed E-state index contributed by atoms with van der Waals surface area (Å²) in [5.41, 5.74) is 3.35. The van der Waals surface area contributed by atoms with Gasteiger partial charge in [-0.2, -0.15) is 0 Å². The Hall–Kier alpha value is -2.57. The second-order valence-electron chi connectivity index (χ2n) is 6.61. The predicted octanol–water partition coefficient (Wildman–Crippen LogP) is 5.01. The van der Waals surface area contributed by atoms with Gasteiger partial charge in [-0.15, -0.1) is 0 Å². The average molecular weight is 415 g/mol. The first-order valence-electron chi connectivity index (χ1n) is 9.16. The fourth-order valence-electron chi connectivity index (χ4n) is 3.30. The molecule has 0 aliphatic rings. The summed E-state index contributed by atoms with van der Waals surface area (Å²) < 4.78 is 3.99. The number of nitrogens with zero attached hydrogens (tertiary/aromatic N) is 5. The molecule has 4 aromatic rings. The molecule has 144 valence electrons. The van der Waals surface area contributed by atoms with Crippen molar-refractivity contribution in [2.24, 2.45) is 0 Å². The van der Waals surface area contributed by atoms with Crippen LogP contribution in [0, 0.1) is 0 Å². The predicted molar refractivity (Wildman–Crippen MR) is 113 cm³/mol. The van der Waals surface area contributed by atoms with Crippen LogP contribution < -0.4 is 5.32 Å². The van der Waals surface area contributed by atoms with Gasteiger partial charge in [0.2, 0.25) is 5.95 Å². The molecule has 28 heavy (non-hydrogen) atoms. The Morgan fingerprint density at radius 1 is 1.07 bits per heavy atom. The van der Waals surface area contributed by atoms with E-state index in [4.69, 9.17) is 23.2 Å². The van der Waals surface area contributed by atoms with Crippen molar-refractivity contribution < 1.29 is 0 Å². The molecule has 0 bridgehead atoms. The highest BCUT2D eigenvalue weighted by atomic mass is 35.5. The maximum atomic E-state index is 6.38. The summed E-state index contributed by atoms with van der Waals surface area (Å²) in [4.78, 5) is 0. The minimum Gasteiger partial charge on any atom is -0.349 e. The summed E-state index contributed by atoms with van der Waals surface area (Å²) >= 11 is 12.4. The summed E-state index contributed by atoms with van der Waals surface area (Å²) in [6.45, 7) is 4.18. The molecule has 0 fully saturated rings. The Bertz CT molecular complexity index is 1100. The van der Waals surface area contributed by atoms with Gasteiger partial charge in [0.25, 0.3) is 0 Å². The fourth-order valence-corrected chi connectivity index (χ4v) is 3.76. The number of halogens is 2. The first-order chi connectivity index (χ1) is 13.7. The van der Waals surface area contributed by atoms with Gasteiger partial charge < -0.3 is 9.88 Å². The second-order valence-corrected chi connectivity index (χ2v) is 7.46. The van der Waals surface area contributed by atoms with Crippen LogP contribution in [0.25, 0.3) is 10.9 Å². The topological polar surface area (TPSA) is 60.6 Å². The van der Waals surface area contributed by atoms with Crippen molar-refractivity contribution in [3.05, 3.63) is 69.8 Å². The minimum atomic E-state index is 0.631. The SMILES string of the molecule is CCCn1nnnc1NCc1cn(Cc2ccc(Cl)cc2Cl)c2ccccc12. The van der Waals surface area contributed by atoms with Crippen LogP contribution in [-0.2, 0) is 19.6 Å². The number of aromatic nitrogens is 5. The molecule has 0 aliphatic heterocycles. The highest BCUT2D eigenvalue weighted by molar-refractivity contribution is 6.35. The Labute approximate surface area is 173 Å². The largest absolute Gasteiger partial charge is 0.349 e. The van der Waals surface area contributed by atoms with Crippen LogP contribution in [0.15, 0.2) is 48.7 Å². The van der Waals surface area contributed by atoms with Crippen molar-refractivity contribution >= 4 is 40.1 Å². The average Bonchev–Trinajstić information content (AvgIpc) is 3.27. The van der Waals surface area contributed by atoms with Crippen molar-refractivity contribution in [2.45, 2.75) is 33.0 Å². The molecule has 2 aromatic heterocycles. The quantitative estimate of drug-likeness (QED) is 0.461. The molecule has 2 aromatic carbocycles. The third-order valence-electron chi connectivity index (χ3n) is 4.63. The number of rotatable bonds is 7. The monoisotopic (exact) mass is 414 g/mol. The summed E-state index contributed by atoms with van der Waals surface area (Å²) in [6, 6.07) is 13.9. The fraction of sp³-hybridized carbons (Fsp3) is 0.250. The summed E-state index contributed by atoms with van der Waals surface area (Å²) in [6.07, 6.45) is 3.12. The van der Waals surface area contributed by atoms with E-state index < -0.39 is 0 Å². The number of nitrogens with one attached hydrogen (secondary N) is 1. The molecule has 0 saturated heterocycles. The molecule has 0 aliphatic carbocycles. The number of para-hydroxylation sites is 1. The third-order valence-corrected chi connectivity index (χ3v) is 5.22. The highest BCUT2D eigenvalue weighted by Crippen LogP contribution is 2.26. The summed E-state index contributed by atoms with van der Waals surface area (Å²) in [5, 5.41) is 17.7. The molecule has 1 N–H and O–H groups in total. The molecular weight excluding hydrogens is 395 g/mol. The zero-order chi connectivity index (χ0) is 19.5. The van der Waals surface area contributed by atoms with Gasteiger partial charge in [0, 0.05) is 46.8 Å². The smallest absolute Gasteiger partial charge is 0.243 e. The molecule has 0 radical (unpaired) electrons. The molecule has 2 heterocycles. The first-order valence-corrected chi connectivity index (χ1v) is 9.92. The van der Waals surface area contributed by atoms with Gasteiger partial charge in [0.1, 0.15) is 0 Å². The summed E-state index contributed by atoms with van der Waals surface area (Å²) in [5.74, 6) is 0.680. The number of tetrazole rings is 1. The third kappa shape index (κ3) is 3.84. The maximum absolute atomic E-state index is 6.38. The normalized spacial score (nSPS) is 11.2. The van der Waals surface area contributed by atoms with Gasteiger partial charge in [-0.3, -0.25) is 0 Å². The van der Waals surface area contributed by atoms with Crippen LogP contribution in [0.4, 0.5) is 5.95 Å². The molecule has 0 atom stereocenters. The van der Waals surface area contributed by atoms with Crippen molar-refractivity contribution in [3.63, 3.8) is 0 Å². The van der Waals surface area contributed by atoms with E-state index in [1.54, 1.807) is 10.7 Å². The zero-order valence-electron chi connectivity index (χ0n) is 15.4. The number of fused-ring (bicyclic) bond motifs is 1. The lowest BCUT2D eigenvalue weighted by atomic mass is 10.2. The van der Waals surface area contributed by atoms with Crippen molar-refractivity contribution in [2.75, 3.05) is 5.32 Å². The van der Waals surface area contributed by atoms with E-state index in [0.29, 0.717) is 29.1 Å². The van der Waals surface area contributed by atoms with Gasteiger partial charge in [-0.1, -0.05) is 59.5 Å². The van der Waals surface area contributed by atoms with Crippen LogP contribution >= 0.6 is 23.2 Å². The number of hydrogen-bond acceptors (Lipinski definition) is 4. The standard InChI is InChI=1S/C20H20Cl2N6/c1-2-9-28-20(24-25-26-28)23-11-15-13-27(19-6-4-3-5-17(15)19)12-14-7-8-16(21)10-18(14)22/h3-8,10,13H,2,9,11-12H2,1H3,(H,23,24,26). The van der Waals surface area contributed by atoms with Crippen LogP contribution in [-0.4, -0.2) is 24.8 Å². The maximum Gasteiger partial charge on any atom is 0.243 e. The number of aryl methyl sites for hydroxylation is 1. The lowest BCUT2D eigenvalue weighted by molar-refractivity contribution is 0.582. The van der Waals surface area contributed by atoms with Gasteiger partial charge >= 0.3 is 0 Å². The van der Waals surface area contributed by atoms with E-state index in [1.165, 1.54) is 10.9 Å². The van der Waals surface area contributed by atoms with Crippen LogP contribution in [0.3, 0.4) is 0 Å². The molecule has 0 amide bonds. The van der Waals surface area contributed by atoms with Crippen LogP contribution in [0.1, 0.15) is 24.5 Å². The number of benzene rings is 2. The summed E-state index contributed by atoms with van der Waals surface area (Å²) in [7, 11) is 0. The molecule has 6 nitrogen and oxygen atoms in total. The van der Waals surface area contributed by atoms with Crippen molar-refractivity contribution in [3.8, 4) is 0 Å². The first kappa shape index (κ1) is 18.8. The molecular formula is C20H20Cl2N6. The molecule has 0 unspecified atom stereocenters. The lowest BCUT2D eigenvalue weighted by Crippen LogP contribution is -2.08. The Kier molecular flexibility index (Phi) is 5.50. The highest BCUT2D eigenvalue weighted by Gasteiger charge is 2.12. The van der Waals surface area contributed by atoms with Gasteiger partial charge in [-0.05, 0) is 46.2 Å². The van der Waals surface area contributed by atoms with Gasteiger partial charge in [-0.25, -0.2) is 4.68 Å². The lowest BCUT2D eigenvalue weighted by Gasteiger charge is -2.08. The molecule has 4 rings (SSSR count). The van der Waals surface area contributed by atoms with Crippen molar-refractivity contribution in [1.29, 1.82) is 0 Å². The van der Waals surface area contributed by atoms with Crippen molar-refractivity contribution in [1.82, 2.24) is 24.8 Å². The van der Waals surface area contributed by atoms with Crippen LogP contribution in [0.5, 0.6) is 0 Å². The van der Waals surface area contributed by atoms with E-state index in [2.05, 4.69) is 50.7 Å². The number of anilines is 1. The van der Waals surface area contributed by atoms with E-state index >= 15 is 0 Å². The zero-order valence-corrected chi connectivity index (χ0v) is 17.0. The van der Waals surface area contributed by atoms with E-state index in [-0.39, 0.29) is 0 Å². The number of hydrogen-bond donors (Lipinski definition) is 1. The van der Waals surface area contributed by atoms with Crippen LogP contribution in [0.2, 0.25) is 10.0 Å². The van der Waals surface area contributed by atoms with Gasteiger partial charge in [0.15, 0.2) is 0 Å². The molecule has 0 saturated carbocycles. The van der Waals surface area contributed by atoms with E-state index in [0.717, 1.165) is 24.0 Å². The molecule has 8 heteroatoms. The van der Waals surface area contributed by atoms with Gasteiger partial charge in [0.05, 0.1) is 0 Å². The Balaban J connectivity index is 1.62. The van der Waals surface area contributed by atoms with E-state index in [1.807, 2.05) is 24.3 Å². The molecule has 0 spiro atoms.